The van der Waals surface area contributed by atoms with Gasteiger partial charge in [0.25, 0.3) is 0 Å². The summed E-state index contributed by atoms with van der Waals surface area (Å²) in [5, 5.41) is 3.02. The van der Waals surface area contributed by atoms with E-state index in [0.717, 1.165) is 12.8 Å². The summed E-state index contributed by atoms with van der Waals surface area (Å²) < 4.78 is 44.4. The van der Waals surface area contributed by atoms with Crippen molar-refractivity contribution in [2.24, 2.45) is 0 Å². The zero-order valence-electron chi connectivity index (χ0n) is 18.7. The van der Waals surface area contributed by atoms with Crippen LogP contribution in [0.4, 0.5) is 5.69 Å². The Balaban J connectivity index is 1.76. The molecule has 1 saturated heterocycles. The highest BCUT2D eigenvalue weighted by Crippen LogP contribution is 2.18. The first-order chi connectivity index (χ1) is 16.3. The Morgan fingerprint density at radius 3 is 2.62 bits per heavy atom. The molecule has 1 heterocycles. The molecule has 2 atom stereocenters. The van der Waals surface area contributed by atoms with Crippen molar-refractivity contribution >= 4 is 39.2 Å². The molecular formula is C23H27ClN2O7S. The zero-order chi connectivity index (χ0) is 24.6. The van der Waals surface area contributed by atoms with E-state index in [0.29, 0.717) is 23.7 Å². The Labute approximate surface area is 203 Å². The van der Waals surface area contributed by atoms with Crippen molar-refractivity contribution < 1.29 is 32.2 Å². The minimum atomic E-state index is -4.06. The molecule has 2 N–H and O–H groups in total. The van der Waals surface area contributed by atoms with Crippen molar-refractivity contribution in [3.05, 3.63) is 59.1 Å². The van der Waals surface area contributed by atoms with Crippen LogP contribution in [0.2, 0.25) is 5.02 Å². The maximum Gasteiger partial charge on any atom is 0.338 e. The number of ether oxygens (including phenoxy) is 3. The van der Waals surface area contributed by atoms with Gasteiger partial charge in [0.05, 0.1) is 23.7 Å². The Kier molecular flexibility index (Phi) is 9.43. The Morgan fingerprint density at radius 2 is 1.94 bits per heavy atom. The number of carbonyl (C=O) groups is 2. The normalized spacial score (nSPS) is 17.1. The van der Waals surface area contributed by atoms with Gasteiger partial charge in [-0.15, -0.1) is 0 Å². The quantitative estimate of drug-likeness (QED) is 0.470. The molecule has 0 spiro atoms. The van der Waals surface area contributed by atoms with Crippen LogP contribution in [0.5, 0.6) is 0 Å². The van der Waals surface area contributed by atoms with Crippen molar-refractivity contribution in [3.8, 4) is 0 Å². The maximum absolute atomic E-state index is 13.1. The zero-order valence-corrected chi connectivity index (χ0v) is 20.2. The number of rotatable bonds is 10. The number of anilines is 1. The summed E-state index contributed by atoms with van der Waals surface area (Å²) in [6, 6.07) is 10.5. The fraction of sp³-hybridized carbons (Fsp3) is 0.391. The van der Waals surface area contributed by atoms with Crippen LogP contribution in [-0.4, -0.2) is 52.4 Å². The van der Waals surface area contributed by atoms with Gasteiger partial charge in [0.15, 0.2) is 6.29 Å². The Morgan fingerprint density at radius 1 is 1.18 bits per heavy atom. The summed E-state index contributed by atoms with van der Waals surface area (Å²) in [6.45, 7) is 2.20. The van der Waals surface area contributed by atoms with Gasteiger partial charge < -0.3 is 19.5 Å². The highest BCUT2D eigenvalue weighted by molar-refractivity contribution is 7.89. The van der Waals surface area contributed by atoms with Crippen LogP contribution in [0.25, 0.3) is 0 Å². The second-order valence-electron chi connectivity index (χ2n) is 7.55. The predicted octanol–water partition coefficient (Wildman–Crippen LogP) is 3.35. The molecule has 1 aliphatic rings. The number of benzene rings is 2. The van der Waals surface area contributed by atoms with Gasteiger partial charge in [-0.1, -0.05) is 17.7 Å². The van der Waals surface area contributed by atoms with Crippen molar-refractivity contribution in [2.45, 2.75) is 43.4 Å². The number of esters is 1. The molecule has 2 aromatic carbocycles. The molecule has 0 aliphatic carbocycles. The number of sulfonamides is 1. The molecule has 3 rings (SSSR count). The van der Waals surface area contributed by atoms with E-state index in [4.69, 9.17) is 25.8 Å². The van der Waals surface area contributed by atoms with Gasteiger partial charge in [0, 0.05) is 17.3 Å². The molecule has 11 heteroatoms. The third-order valence-corrected chi connectivity index (χ3v) is 6.71. The summed E-state index contributed by atoms with van der Waals surface area (Å²) in [7, 11) is -4.06. The summed E-state index contributed by atoms with van der Waals surface area (Å²) in [4.78, 5) is 25.0. The van der Waals surface area contributed by atoms with Crippen molar-refractivity contribution in [1.82, 2.24) is 4.72 Å². The molecule has 0 saturated carbocycles. The van der Waals surface area contributed by atoms with Gasteiger partial charge in [-0.3, -0.25) is 4.79 Å². The Bertz CT molecular complexity index is 1090. The molecule has 1 fully saturated rings. The maximum atomic E-state index is 13.1. The lowest BCUT2D eigenvalue weighted by molar-refractivity contribution is -0.166. The smallest absolute Gasteiger partial charge is 0.338 e. The van der Waals surface area contributed by atoms with Crippen LogP contribution in [0, 0.1) is 0 Å². The first-order valence-corrected chi connectivity index (χ1v) is 12.7. The molecule has 1 amide bonds. The second kappa shape index (κ2) is 12.3. The average molecular weight is 511 g/mol. The van der Waals surface area contributed by atoms with Crippen LogP contribution in [-0.2, 0) is 29.0 Å². The largest absolute Gasteiger partial charge is 0.462 e. The topological polar surface area (TPSA) is 120 Å². The van der Waals surface area contributed by atoms with E-state index in [1.165, 1.54) is 30.3 Å². The Hall–Kier alpha value is -2.50. The summed E-state index contributed by atoms with van der Waals surface area (Å²) in [5.41, 5.74) is 0.560. The predicted molar refractivity (Wildman–Crippen MR) is 126 cm³/mol. The summed E-state index contributed by atoms with van der Waals surface area (Å²) in [6.07, 6.45) is 1.97. The lowest BCUT2D eigenvalue weighted by atomic mass is 10.2. The summed E-state index contributed by atoms with van der Waals surface area (Å²) >= 11 is 5.85. The van der Waals surface area contributed by atoms with E-state index in [-0.39, 0.29) is 23.7 Å². The summed E-state index contributed by atoms with van der Waals surface area (Å²) in [5.74, 6) is -1.19. The molecule has 1 aliphatic heterocycles. The lowest BCUT2D eigenvalue weighted by Crippen LogP contribution is -2.47. The van der Waals surface area contributed by atoms with Gasteiger partial charge in [-0.2, -0.15) is 4.72 Å². The molecule has 2 aromatic rings. The SMILES string of the molecule is CCOC(=O)c1cccc(NC(=O)C(CO[C@H]2CCCCO2)NS(=O)(=O)c2ccc(Cl)cc2)c1. The van der Waals surface area contributed by atoms with Crippen LogP contribution < -0.4 is 10.0 Å². The monoisotopic (exact) mass is 510 g/mol. The molecule has 34 heavy (non-hydrogen) atoms. The third-order valence-electron chi connectivity index (χ3n) is 4.97. The van der Waals surface area contributed by atoms with E-state index in [1.807, 2.05) is 0 Å². The number of nitrogens with one attached hydrogen (secondary N) is 2. The van der Waals surface area contributed by atoms with Crippen molar-refractivity contribution in [3.63, 3.8) is 0 Å². The average Bonchev–Trinajstić information content (AvgIpc) is 2.83. The molecule has 0 radical (unpaired) electrons. The van der Waals surface area contributed by atoms with E-state index in [9.17, 15) is 18.0 Å². The minimum Gasteiger partial charge on any atom is -0.462 e. The van der Waals surface area contributed by atoms with Crippen LogP contribution in [0.1, 0.15) is 36.5 Å². The van der Waals surface area contributed by atoms with E-state index in [2.05, 4.69) is 10.0 Å². The van der Waals surface area contributed by atoms with E-state index >= 15 is 0 Å². The van der Waals surface area contributed by atoms with Gasteiger partial charge in [0.2, 0.25) is 15.9 Å². The molecule has 184 valence electrons. The van der Waals surface area contributed by atoms with Gasteiger partial charge in [0.1, 0.15) is 6.04 Å². The number of carbonyl (C=O) groups excluding carboxylic acids is 2. The van der Waals surface area contributed by atoms with E-state index < -0.39 is 34.2 Å². The van der Waals surface area contributed by atoms with Crippen LogP contribution >= 0.6 is 11.6 Å². The molecule has 0 aromatic heterocycles. The van der Waals surface area contributed by atoms with E-state index in [1.54, 1.807) is 25.1 Å². The molecule has 1 unspecified atom stereocenters. The van der Waals surface area contributed by atoms with Gasteiger partial charge in [-0.05, 0) is 68.7 Å². The molecule has 0 bridgehead atoms. The van der Waals surface area contributed by atoms with Gasteiger partial charge >= 0.3 is 5.97 Å². The minimum absolute atomic E-state index is 0.0482. The van der Waals surface area contributed by atoms with Gasteiger partial charge in [-0.25, -0.2) is 13.2 Å². The first-order valence-electron chi connectivity index (χ1n) is 10.9. The lowest BCUT2D eigenvalue weighted by Gasteiger charge is -2.25. The van der Waals surface area contributed by atoms with Crippen molar-refractivity contribution in [2.75, 3.05) is 25.1 Å². The van der Waals surface area contributed by atoms with Crippen molar-refractivity contribution in [1.29, 1.82) is 0 Å². The number of hydrogen-bond acceptors (Lipinski definition) is 7. The number of amides is 1. The number of hydrogen-bond donors (Lipinski definition) is 2. The standard InChI is InChI=1S/C23H27ClN2O7S/c1-2-31-23(28)16-6-5-7-18(14-16)25-22(27)20(15-33-21-8-3-4-13-32-21)26-34(29,30)19-11-9-17(24)10-12-19/h5-7,9-12,14,20-21,26H,2-4,8,13,15H2,1H3,(H,25,27)/t20?,21-/m0/s1. The fourth-order valence-electron chi connectivity index (χ4n) is 3.25. The fourth-order valence-corrected chi connectivity index (χ4v) is 4.55. The number of halogens is 1. The molecular weight excluding hydrogens is 484 g/mol. The highest BCUT2D eigenvalue weighted by Gasteiger charge is 2.28. The third kappa shape index (κ3) is 7.51. The second-order valence-corrected chi connectivity index (χ2v) is 9.70. The highest BCUT2D eigenvalue weighted by atomic mass is 35.5. The van der Waals surface area contributed by atoms with Crippen LogP contribution in [0.15, 0.2) is 53.4 Å². The molecule has 9 nitrogen and oxygen atoms in total. The van der Waals surface area contributed by atoms with Crippen LogP contribution in [0.3, 0.4) is 0 Å². The first kappa shape index (κ1) is 26.1.